The van der Waals surface area contributed by atoms with Crippen molar-refractivity contribution in [1.29, 1.82) is 0 Å². The molecule has 0 saturated heterocycles. The van der Waals surface area contributed by atoms with Crippen molar-refractivity contribution in [2.45, 2.75) is 0 Å². The van der Waals surface area contributed by atoms with Crippen molar-refractivity contribution in [3.05, 3.63) is 52.8 Å². The van der Waals surface area contributed by atoms with Crippen LogP contribution in [0.2, 0.25) is 5.15 Å². The lowest BCUT2D eigenvalue weighted by Crippen LogP contribution is -2.07. The molecule has 3 rings (SSSR count). The molecule has 0 aliphatic heterocycles. The zero-order chi connectivity index (χ0) is 14.3. The van der Waals surface area contributed by atoms with Gasteiger partial charge in [0, 0.05) is 18.8 Å². The van der Waals surface area contributed by atoms with E-state index in [1.54, 1.807) is 13.2 Å². The summed E-state index contributed by atoms with van der Waals surface area (Å²) in [5, 5.41) is 4.83. The summed E-state index contributed by atoms with van der Waals surface area (Å²) in [4.78, 5) is 20.3. The molecule has 0 spiro atoms. The molecule has 0 aliphatic carbocycles. The van der Waals surface area contributed by atoms with Gasteiger partial charge in [0.05, 0.1) is 5.39 Å². The van der Waals surface area contributed by atoms with Crippen molar-refractivity contribution in [1.82, 2.24) is 19.7 Å². The monoisotopic (exact) mass is 290 g/mol. The van der Waals surface area contributed by atoms with Crippen LogP contribution < -0.4 is 0 Å². The van der Waals surface area contributed by atoms with E-state index < -0.39 is 11.6 Å². The number of aryl methyl sites for hydroxylation is 1. The van der Waals surface area contributed by atoms with Gasteiger partial charge in [0.1, 0.15) is 11.0 Å². The van der Waals surface area contributed by atoms with Crippen molar-refractivity contribution in [3.63, 3.8) is 0 Å². The molecule has 0 fully saturated rings. The maximum atomic E-state index is 12.9. The summed E-state index contributed by atoms with van der Waals surface area (Å²) in [5.74, 6) is -0.909. The van der Waals surface area contributed by atoms with Gasteiger partial charge >= 0.3 is 0 Å². The molecule has 7 heteroatoms. The predicted octanol–water partition coefficient (Wildman–Crippen LogP) is 2.39. The van der Waals surface area contributed by atoms with Crippen LogP contribution in [-0.2, 0) is 7.05 Å². The largest absolute Gasteiger partial charge is 0.285 e. The minimum absolute atomic E-state index is 0.0622. The van der Waals surface area contributed by atoms with Crippen molar-refractivity contribution in [2.75, 3.05) is 0 Å². The van der Waals surface area contributed by atoms with Crippen molar-refractivity contribution >= 4 is 28.4 Å². The summed E-state index contributed by atoms with van der Waals surface area (Å²) in [7, 11) is 1.72. The number of fused-ring (bicyclic) bond motifs is 1. The third-order valence-electron chi connectivity index (χ3n) is 2.76. The maximum Gasteiger partial charge on any atom is 0.230 e. The fraction of sp³-hybridized carbons (Fsp3) is 0.0769. The molecule has 0 atom stereocenters. The minimum Gasteiger partial charge on any atom is -0.285 e. The minimum atomic E-state index is -0.431. The SMILES string of the molecule is Cn1cc2c(Cl)nc(C(=O)c3ccc(F)cc3)nc2n1. The normalized spacial score (nSPS) is 10.9. The first-order valence-electron chi connectivity index (χ1n) is 5.72. The fourth-order valence-electron chi connectivity index (χ4n) is 1.82. The van der Waals surface area contributed by atoms with E-state index in [0.717, 1.165) is 0 Å². The first-order chi connectivity index (χ1) is 9.54. The van der Waals surface area contributed by atoms with E-state index in [1.807, 2.05) is 0 Å². The molecular weight excluding hydrogens is 283 g/mol. The lowest BCUT2D eigenvalue weighted by molar-refractivity contribution is 0.102. The fourth-order valence-corrected chi connectivity index (χ4v) is 2.03. The highest BCUT2D eigenvalue weighted by atomic mass is 35.5. The van der Waals surface area contributed by atoms with Crippen LogP contribution in [0.4, 0.5) is 4.39 Å². The highest BCUT2D eigenvalue weighted by Gasteiger charge is 2.16. The van der Waals surface area contributed by atoms with E-state index in [4.69, 9.17) is 11.6 Å². The molecule has 100 valence electrons. The highest BCUT2D eigenvalue weighted by molar-refractivity contribution is 6.34. The van der Waals surface area contributed by atoms with Crippen LogP contribution in [0.3, 0.4) is 0 Å². The number of ketones is 1. The molecule has 2 aromatic heterocycles. The van der Waals surface area contributed by atoms with Crippen LogP contribution in [0.15, 0.2) is 30.5 Å². The van der Waals surface area contributed by atoms with Crippen LogP contribution in [0.25, 0.3) is 11.0 Å². The van der Waals surface area contributed by atoms with Crippen LogP contribution in [0.1, 0.15) is 16.2 Å². The maximum absolute atomic E-state index is 12.9. The molecule has 0 N–H and O–H groups in total. The lowest BCUT2D eigenvalue weighted by atomic mass is 10.1. The van der Waals surface area contributed by atoms with Gasteiger partial charge in [-0.3, -0.25) is 9.48 Å². The Kier molecular flexibility index (Phi) is 2.94. The van der Waals surface area contributed by atoms with E-state index in [9.17, 15) is 9.18 Å². The van der Waals surface area contributed by atoms with Crippen LogP contribution in [0.5, 0.6) is 0 Å². The topological polar surface area (TPSA) is 60.7 Å². The second-order valence-corrected chi connectivity index (χ2v) is 4.57. The molecule has 3 aromatic rings. The quantitative estimate of drug-likeness (QED) is 0.537. The second-order valence-electron chi connectivity index (χ2n) is 4.21. The van der Waals surface area contributed by atoms with Gasteiger partial charge < -0.3 is 0 Å². The Morgan fingerprint density at radius 3 is 2.65 bits per heavy atom. The summed E-state index contributed by atoms with van der Waals surface area (Å²) in [6.07, 6.45) is 1.67. The number of carbonyl (C=O) groups excluding carboxylic acids is 1. The Labute approximate surface area is 118 Å². The zero-order valence-corrected chi connectivity index (χ0v) is 11.1. The standard InChI is InChI=1S/C13H8ClFN4O/c1-19-6-9-11(14)16-13(17-12(9)18-19)10(20)7-2-4-8(15)5-3-7/h2-6H,1H3. The Morgan fingerprint density at radius 1 is 1.25 bits per heavy atom. The van der Waals surface area contributed by atoms with Gasteiger partial charge in [-0.15, -0.1) is 0 Å². The third kappa shape index (κ3) is 2.14. The van der Waals surface area contributed by atoms with E-state index in [0.29, 0.717) is 11.0 Å². The van der Waals surface area contributed by atoms with Crippen LogP contribution in [0, 0.1) is 5.82 Å². The zero-order valence-electron chi connectivity index (χ0n) is 10.3. The molecule has 2 heterocycles. The van der Waals surface area contributed by atoms with Gasteiger partial charge in [-0.2, -0.15) is 5.10 Å². The number of hydrogen-bond acceptors (Lipinski definition) is 4. The molecule has 0 unspecified atom stereocenters. The second kappa shape index (κ2) is 4.64. The third-order valence-corrected chi connectivity index (χ3v) is 3.05. The number of rotatable bonds is 2. The molecule has 0 bridgehead atoms. The van der Waals surface area contributed by atoms with Crippen LogP contribution in [-0.4, -0.2) is 25.5 Å². The molecule has 5 nitrogen and oxygen atoms in total. The van der Waals surface area contributed by atoms with Gasteiger partial charge in [-0.1, -0.05) is 11.6 Å². The number of carbonyl (C=O) groups is 1. The van der Waals surface area contributed by atoms with Gasteiger partial charge in [0.2, 0.25) is 11.6 Å². The molecule has 0 amide bonds. The van der Waals surface area contributed by atoms with E-state index in [2.05, 4.69) is 15.1 Å². The van der Waals surface area contributed by atoms with Gasteiger partial charge in [-0.05, 0) is 24.3 Å². The highest BCUT2D eigenvalue weighted by Crippen LogP contribution is 2.20. The number of aromatic nitrogens is 4. The van der Waals surface area contributed by atoms with Crippen molar-refractivity contribution in [3.8, 4) is 0 Å². The predicted molar refractivity (Wildman–Crippen MR) is 71.1 cm³/mol. The molecule has 20 heavy (non-hydrogen) atoms. The Morgan fingerprint density at radius 2 is 1.95 bits per heavy atom. The van der Waals surface area contributed by atoms with E-state index in [1.165, 1.54) is 28.9 Å². The van der Waals surface area contributed by atoms with Crippen LogP contribution >= 0.6 is 11.6 Å². The Bertz CT molecular complexity index is 813. The average Bonchev–Trinajstić information content (AvgIpc) is 2.80. The summed E-state index contributed by atoms with van der Waals surface area (Å²) >= 11 is 6.02. The first-order valence-corrected chi connectivity index (χ1v) is 6.09. The smallest absolute Gasteiger partial charge is 0.230 e. The molecule has 0 aliphatic rings. The van der Waals surface area contributed by atoms with Crippen molar-refractivity contribution in [2.24, 2.45) is 7.05 Å². The number of benzene rings is 1. The number of nitrogens with zero attached hydrogens (tertiary/aromatic N) is 4. The summed E-state index contributed by atoms with van der Waals surface area (Å²) in [5.41, 5.74) is 0.635. The van der Waals surface area contributed by atoms with E-state index in [-0.39, 0.29) is 16.5 Å². The Balaban J connectivity index is 2.09. The molecule has 0 radical (unpaired) electrons. The average molecular weight is 291 g/mol. The Hall–Kier alpha value is -2.34. The summed E-state index contributed by atoms with van der Waals surface area (Å²) < 4.78 is 14.4. The number of hydrogen-bond donors (Lipinski definition) is 0. The molecule has 1 aromatic carbocycles. The summed E-state index contributed by atoms with van der Waals surface area (Å²) in [6.45, 7) is 0. The van der Waals surface area contributed by atoms with E-state index >= 15 is 0 Å². The number of halogens is 2. The van der Waals surface area contributed by atoms with Gasteiger partial charge in [0.25, 0.3) is 0 Å². The van der Waals surface area contributed by atoms with Gasteiger partial charge in [0.15, 0.2) is 5.65 Å². The van der Waals surface area contributed by atoms with Crippen molar-refractivity contribution < 1.29 is 9.18 Å². The lowest BCUT2D eigenvalue weighted by Gasteiger charge is -2.00. The first kappa shape index (κ1) is 12.7. The molecular formula is C13H8ClFN4O. The van der Waals surface area contributed by atoms with Gasteiger partial charge in [-0.25, -0.2) is 14.4 Å². The summed E-state index contributed by atoms with van der Waals surface area (Å²) in [6, 6.07) is 5.15. The molecule has 0 saturated carbocycles.